The van der Waals surface area contributed by atoms with Crippen molar-refractivity contribution >= 4 is 11.7 Å². The molecule has 1 amide bonds. The van der Waals surface area contributed by atoms with Gasteiger partial charge >= 0.3 is 0 Å². The van der Waals surface area contributed by atoms with Crippen LogP contribution >= 0.6 is 0 Å². The minimum Gasteiger partial charge on any atom is -0.353 e. The van der Waals surface area contributed by atoms with Gasteiger partial charge in [-0.15, -0.1) is 5.10 Å². The van der Waals surface area contributed by atoms with E-state index >= 15 is 0 Å². The topological polar surface area (TPSA) is 87.1 Å². The number of carbonyl (C=O) groups is 1. The summed E-state index contributed by atoms with van der Waals surface area (Å²) < 4.78 is 1.46. The van der Waals surface area contributed by atoms with Crippen LogP contribution in [0.2, 0.25) is 0 Å². The standard InChI is InChI=1S/C25H30N6O2/c1-17-8-9-19(16-18(17)2)31-23(32)11-10-22(28-31)29-12-5-13-30(15-14-29)25(33)24-20-6-3-4-7-21(20)26-27-24/h8-11,16H,3-7,12-15H2,1-2H3,(H,26,27). The third-order valence-corrected chi connectivity index (χ3v) is 6.89. The van der Waals surface area contributed by atoms with Crippen molar-refractivity contribution < 1.29 is 4.79 Å². The Morgan fingerprint density at radius 2 is 1.79 bits per heavy atom. The van der Waals surface area contributed by atoms with Crippen LogP contribution in [-0.2, 0) is 12.8 Å². The number of benzene rings is 1. The quantitative estimate of drug-likeness (QED) is 0.669. The predicted molar refractivity (Wildman–Crippen MR) is 127 cm³/mol. The molecule has 0 spiro atoms. The molecule has 1 N–H and O–H groups in total. The lowest BCUT2D eigenvalue weighted by molar-refractivity contribution is 0.0760. The fourth-order valence-corrected chi connectivity index (χ4v) is 4.77. The lowest BCUT2D eigenvalue weighted by atomic mass is 9.95. The van der Waals surface area contributed by atoms with E-state index in [0.717, 1.165) is 67.0 Å². The molecule has 33 heavy (non-hydrogen) atoms. The molecule has 3 aromatic rings. The zero-order valence-corrected chi connectivity index (χ0v) is 19.3. The Bertz CT molecular complexity index is 1240. The number of carbonyl (C=O) groups excluding carboxylic acids is 1. The number of nitrogens with zero attached hydrogens (tertiary/aromatic N) is 5. The average molecular weight is 447 g/mol. The third kappa shape index (κ3) is 4.17. The van der Waals surface area contributed by atoms with Gasteiger partial charge in [0.05, 0.1) is 5.69 Å². The van der Waals surface area contributed by atoms with Gasteiger partial charge in [0.2, 0.25) is 0 Å². The van der Waals surface area contributed by atoms with Crippen molar-refractivity contribution in [1.29, 1.82) is 0 Å². The fraction of sp³-hybridized carbons (Fsp3) is 0.440. The summed E-state index contributed by atoms with van der Waals surface area (Å²) in [5.74, 6) is 0.767. The molecule has 3 heterocycles. The van der Waals surface area contributed by atoms with Gasteiger partial charge in [0.1, 0.15) is 5.82 Å². The molecule has 0 bridgehead atoms. The summed E-state index contributed by atoms with van der Waals surface area (Å²) in [5, 5.41) is 12.1. The maximum absolute atomic E-state index is 13.2. The van der Waals surface area contributed by atoms with Gasteiger partial charge in [0.25, 0.3) is 11.5 Å². The smallest absolute Gasteiger partial charge is 0.274 e. The first-order valence-corrected chi connectivity index (χ1v) is 11.8. The van der Waals surface area contributed by atoms with Crippen molar-refractivity contribution in [3.8, 4) is 5.69 Å². The summed E-state index contributed by atoms with van der Waals surface area (Å²) in [7, 11) is 0. The van der Waals surface area contributed by atoms with Crippen LogP contribution in [0.5, 0.6) is 0 Å². The maximum atomic E-state index is 13.2. The van der Waals surface area contributed by atoms with E-state index in [2.05, 4.69) is 27.1 Å². The Morgan fingerprint density at radius 3 is 2.64 bits per heavy atom. The number of amides is 1. The van der Waals surface area contributed by atoms with Gasteiger partial charge in [0, 0.05) is 43.5 Å². The van der Waals surface area contributed by atoms with E-state index in [1.807, 2.05) is 30.0 Å². The van der Waals surface area contributed by atoms with Crippen LogP contribution in [0.25, 0.3) is 5.69 Å². The lowest BCUT2D eigenvalue weighted by Gasteiger charge is -2.23. The molecule has 1 aliphatic carbocycles. The van der Waals surface area contributed by atoms with E-state index in [0.29, 0.717) is 25.3 Å². The van der Waals surface area contributed by atoms with E-state index in [1.165, 1.54) is 10.2 Å². The van der Waals surface area contributed by atoms with Crippen molar-refractivity contribution in [2.45, 2.75) is 46.0 Å². The number of nitrogens with one attached hydrogen (secondary N) is 1. The van der Waals surface area contributed by atoms with Gasteiger partial charge in [-0.2, -0.15) is 9.78 Å². The number of H-pyrrole nitrogens is 1. The monoisotopic (exact) mass is 446 g/mol. The molecule has 2 aliphatic rings. The van der Waals surface area contributed by atoms with Gasteiger partial charge in [0.15, 0.2) is 5.69 Å². The first-order chi connectivity index (χ1) is 16.0. The van der Waals surface area contributed by atoms with Crippen molar-refractivity contribution in [2.75, 3.05) is 31.1 Å². The first kappa shape index (κ1) is 21.4. The number of aromatic amines is 1. The summed E-state index contributed by atoms with van der Waals surface area (Å²) in [6, 6.07) is 9.27. The SMILES string of the molecule is Cc1ccc(-n2nc(N3CCCN(C(=O)c4n[nH]c5c4CCCC5)CC3)ccc2=O)cc1C. The third-order valence-electron chi connectivity index (χ3n) is 6.89. The maximum Gasteiger partial charge on any atom is 0.274 e. The minimum absolute atomic E-state index is 0.0179. The van der Waals surface area contributed by atoms with Crippen molar-refractivity contribution in [1.82, 2.24) is 24.9 Å². The Labute approximate surface area is 193 Å². The number of rotatable bonds is 3. The second-order valence-electron chi connectivity index (χ2n) is 9.08. The molecule has 172 valence electrons. The van der Waals surface area contributed by atoms with Gasteiger partial charge in [-0.1, -0.05) is 6.07 Å². The van der Waals surface area contributed by atoms with Crippen LogP contribution in [0.3, 0.4) is 0 Å². The molecule has 5 rings (SSSR count). The van der Waals surface area contributed by atoms with Gasteiger partial charge in [-0.3, -0.25) is 14.7 Å². The summed E-state index contributed by atoms with van der Waals surface area (Å²) in [4.78, 5) is 29.8. The fourth-order valence-electron chi connectivity index (χ4n) is 4.77. The van der Waals surface area contributed by atoms with E-state index in [-0.39, 0.29) is 11.5 Å². The lowest BCUT2D eigenvalue weighted by Crippen LogP contribution is -2.36. The molecule has 2 aromatic heterocycles. The molecule has 8 heteroatoms. The number of hydrogen-bond acceptors (Lipinski definition) is 5. The number of fused-ring (bicyclic) bond motifs is 1. The largest absolute Gasteiger partial charge is 0.353 e. The number of aryl methyl sites for hydroxylation is 3. The van der Waals surface area contributed by atoms with Crippen LogP contribution in [-0.4, -0.2) is 57.0 Å². The zero-order valence-electron chi connectivity index (χ0n) is 19.3. The number of aromatic nitrogens is 4. The second-order valence-corrected chi connectivity index (χ2v) is 9.08. The Kier molecular flexibility index (Phi) is 5.74. The average Bonchev–Trinajstić information content (AvgIpc) is 3.10. The second kappa shape index (κ2) is 8.84. The van der Waals surface area contributed by atoms with Gasteiger partial charge in [-0.05, 0) is 75.3 Å². The molecular weight excluding hydrogens is 416 g/mol. The zero-order chi connectivity index (χ0) is 22.9. The molecule has 1 aliphatic heterocycles. The summed E-state index contributed by atoms with van der Waals surface area (Å²) in [5.41, 5.74) is 5.74. The van der Waals surface area contributed by atoms with Crippen LogP contribution in [0, 0.1) is 13.8 Å². The van der Waals surface area contributed by atoms with E-state index in [4.69, 9.17) is 0 Å². The van der Waals surface area contributed by atoms with Crippen LogP contribution in [0.4, 0.5) is 5.82 Å². The van der Waals surface area contributed by atoms with Gasteiger partial charge in [-0.25, -0.2) is 0 Å². The number of anilines is 1. The van der Waals surface area contributed by atoms with Crippen molar-refractivity contribution in [3.63, 3.8) is 0 Å². The molecule has 0 unspecified atom stereocenters. The minimum atomic E-state index is -0.156. The molecule has 8 nitrogen and oxygen atoms in total. The van der Waals surface area contributed by atoms with E-state index in [9.17, 15) is 9.59 Å². The molecular formula is C25H30N6O2. The van der Waals surface area contributed by atoms with Crippen LogP contribution in [0.1, 0.15) is 52.1 Å². The molecule has 0 radical (unpaired) electrons. The highest BCUT2D eigenvalue weighted by atomic mass is 16.2. The van der Waals surface area contributed by atoms with Gasteiger partial charge < -0.3 is 9.80 Å². The Morgan fingerprint density at radius 1 is 0.939 bits per heavy atom. The first-order valence-electron chi connectivity index (χ1n) is 11.8. The summed E-state index contributed by atoms with van der Waals surface area (Å²) in [6.45, 7) is 6.81. The summed E-state index contributed by atoms with van der Waals surface area (Å²) in [6.07, 6.45) is 5.01. The summed E-state index contributed by atoms with van der Waals surface area (Å²) >= 11 is 0. The Hall–Kier alpha value is -3.42. The molecule has 0 saturated carbocycles. The molecule has 1 saturated heterocycles. The normalized spacial score (nSPS) is 16.4. The Balaban J connectivity index is 1.34. The number of hydrogen-bond donors (Lipinski definition) is 1. The van der Waals surface area contributed by atoms with Crippen molar-refractivity contribution in [3.05, 3.63) is 68.8 Å². The van der Waals surface area contributed by atoms with E-state index in [1.54, 1.807) is 12.1 Å². The highest BCUT2D eigenvalue weighted by Crippen LogP contribution is 2.24. The van der Waals surface area contributed by atoms with Crippen LogP contribution in [0.15, 0.2) is 35.1 Å². The predicted octanol–water partition coefficient (Wildman–Crippen LogP) is 2.80. The molecule has 1 fully saturated rings. The highest BCUT2D eigenvalue weighted by Gasteiger charge is 2.27. The van der Waals surface area contributed by atoms with Crippen molar-refractivity contribution in [2.24, 2.45) is 0 Å². The molecule has 0 atom stereocenters. The molecule has 1 aromatic carbocycles. The van der Waals surface area contributed by atoms with E-state index < -0.39 is 0 Å². The highest BCUT2D eigenvalue weighted by molar-refractivity contribution is 5.94. The van der Waals surface area contributed by atoms with Crippen LogP contribution < -0.4 is 10.5 Å².